The van der Waals surface area contributed by atoms with Gasteiger partial charge in [-0.2, -0.15) is 0 Å². The zero-order valence-electron chi connectivity index (χ0n) is 15.0. The first-order valence-electron chi connectivity index (χ1n) is 8.59. The van der Waals surface area contributed by atoms with E-state index in [4.69, 9.17) is 0 Å². The number of rotatable bonds is 7. The molecule has 0 aliphatic carbocycles. The van der Waals surface area contributed by atoms with Gasteiger partial charge in [0.2, 0.25) is 5.91 Å². The summed E-state index contributed by atoms with van der Waals surface area (Å²) in [5.74, 6) is -0.302. The van der Waals surface area contributed by atoms with Gasteiger partial charge in [0, 0.05) is 15.7 Å². The summed E-state index contributed by atoms with van der Waals surface area (Å²) in [5.41, 5.74) is 2.64. The fourth-order valence-corrected chi connectivity index (χ4v) is 4.87. The average molecular weight is 396 g/mol. The third kappa shape index (κ3) is 5.08. The Morgan fingerprint density at radius 1 is 0.889 bits per heavy atom. The molecule has 3 aromatic carbocycles. The number of anilines is 1. The van der Waals surface area contributed by atoms with Crippen LogP contribution in [-0.4, -0.2) is 22.1 Å². The van der Waals surface area contributed by atoms with E-state index in [9.17, 15) is 9.00 Å². The van der Waals surface area contributed by atoms with Gasteiger partial charge in [0.15, 0.2) is 0 Å². The van der Waals surface area contributed by atoms with Crippen molar-refractivity contribution in [2.45, 2.75) is 10.1 Å². The lowest BCUT2D eigenvalue weighted by atomic mass is 10.0. The highest BCUT2D eigenvalue weighted by atomic mass is 32.2. The first-order chi connectivity index (χ1) is 13.2. The number of hydrogen-bond donors (Lipinski definition) is 1. The predicted octanol–water partition coefficient (Wildman–Crippen LogP) is 4.89. The molecule has 0 aliphatic rings. The van der Waals surface area contributed by atoms with E-state index < -0.39 is 10.8 Å². The van der Waals surface area contributed by atoms with E-state index in [2.05, 4.69) is 5.32 Å². The highest BCUT2D eigenvalue weighted by Crippen LogP contribution is 2.29. The van der Waals surface area contributed by atoms with Gasteiger partial charge in [-0.3, -0.25) is 9.00 Å². The van der Waals surface area contributed by atoms with Gasteiger partial charge in [-0.25, -0.2) is 0 Å². The van der Waals surface area contributed by atoms with Crippen molar-refractivity contribution < 1.29 is 9.00 Å². The lowest BCUT2D eigenvalue weighted by Gasteiger charge is -2.18. The van der Waals surface area contributed by atoms with Gasteiger partial charge in [-0.1, -0.05) is 72.8 Å². The van der Waals surface area contributed by atoms with Crippen LogP contribution >= 0.6 is 11.8 Å². The van der Waals surface area contributed by atoms with Crippen LogP contribution in [0.3, 0.4) is 0 Å². The number of carbonyl (C=O) groups is 1. The van der Waals surface area contributed by atoms with Gasteiger partial charge in [0.1, 0.15) is 5.75 Å². The van der Waals surface area contributed by atoms with Crippen LogP contribution in [0.1, 0.15) is 16.4 Å². The Labute approximate surface area is 166 Å². The van der Waals surface area contributed by atoms with E-state index >= 15 is 0 Å². The van der Waals surface area contributed by atoms with E-state index in [1.165, 1.54) is 0 Å². The first kappa shape index (κ1) is 19.4. The Balaban J connectivity index is 1.80. The van der Waals surface area contributed by atoms with Crippen LogP contribution < -0.4 is 5.32 Å². The molecule has 0 saturated carbocycles. The molecule has 0 aromatic heterocycles. The van der Waals surface area contributed by atoms with Gasteiger partial charge in [0.25, 0.3) is 0 Å². The van der Waals surface area contributed by atoms with E-state index in [-0.39, 0.29) is 16.9 Å². The number of para-hydroxylation sites is 1. The number of nitrogens with one attached hydrogen (secondary N) is 1. The Morgan fingerprint density at radius 3 is 1.96 bits per heavy atom. The largest absolute Gasteiger partial charge is 0.324 e. The Hall–Kier alpha value is -2.37. The highest BCUT2D eigenvalue weighted by molar-refractivity contribution is 7.98. The standard InChI is InChI=1S/C22H21NO2S2/c1-26-20-15-9-8-14-19(20)23-21(24)16-27(25)22(17-10-4-2-5-11-17)18-12-6-3-7-13-18/h2-15,22H,16H2,1H3,(H,23,24). The molecule has 0 fully saturated rings. The molecule has 3 rings (SSSR count). The summed E-state index contributed by atoms with van der Waals surface area (Å²) in [5, 5.41) is 2.56. The minimum atomic E-state index is -1.39. The number of benzene rings is 3. The maximum absolute atomic E-state index is 13.1. The number of amides is 1. The normalized spacial score (nSPS) is 11.9. The van der Waals surface area contributed by atoms with Crippen molar-refractivity contribution >= 4 is 34.2 Å². The second-order valence-corrected chi connectivity index (χ2v) is 8.34. The lowest BCUT2D eigenvalue weighted by molar-refractivity contribution is -0.113. The summed E-state index contributed by atoms with van der Waals surface area (Å²) in [7, 11) is -1.39. The van der Waals surface area contributed by atoms with Gasteiger partial charge in [-0.05, 0) is 29.5 Å². The van der Waals surface area contributed by atoms with Crippen LogP contribution in [0.2, 0.25) is 0 Å². The fraction of sp³-hybridized carbons (Fsp3) is 0.136. The zero-order chi connectivity index (χ0) is 19.1. The van der Waals surface area contributed by atoms with Crippen LogP contribution in [0.25, 0.3) is 0 Å². The minimum Gasteiger partial charge on any atom is -0.324 e. The van der Waals surface area contributed by atoms with E-state index in [0.29, 0.717) is 0 Å². The predicted molar refractivity (Wildman–Crippen MR) is 115 cm³/mol. The maximum Gasteiger partial charge on any atom is 0.237 e. The Bertz CT molecular complexity index is 874. The quantitative estimate of drug-likeness (QED) is 0.580. The van der Waals surface area contributed by atoms with Crippen molar-refractivity contribution in [3.63, 3.8) is 0 Å². The average Bonchev–Trinajstić information content (AvgIpc) is 2.70. The van der Waals surface area contributed by atoms with E-state index in [1.807, 2.05) is 91.2 Å². The van der Waals surface area contributed by atoms with Crippen LogP contribution in [0.15, 0.2) is 89.8 Å². The molecule has 5 heteroatoms. The molecule has 0 aliphatic heterocycles. The van der Waals surface area contributed by atoms with Gasteiger partial charge in [0.05, 0.1) is 10.9 Å². The van der Waals surface area contributed by atoms with Gasteiger partial charge in [-0.15, -0.1) is 11.8 Å². The Morgan fingerprint density at radius 2 is 1.41 bits per heavy atom. The highest BCUT2D eigenvalue weighted by Gasteiger charge is 2.23. The summed E-state index contributed by atoms with van der Waals surface area (Å²) in [6, 6.07) is 27.0. The summed E-state index contributed by atoms with van der Waals surface area (Å²) in [6.45, 7) is 0. The molecular weight excluding hydrogens is 374 g/mol. The van der Waals surface area contributed by atoms with Crippen LogP contribution in [-0.2, 0) is 15.6 Å². The molecule has 0 heterocycles. The lowest BCUT2D eigenvalue weighted by Crippen LogP contribution is -2.23. The molecule has 3 nitrogen and oxygen atoms in total. The third-order valence-electron chi connectivity index (χ3n) is 4.12. The van der Waals surface area contributed by atoms with Crippen LogP contribution in [0.4, 0.5) is 5.69 Å². The van der Waals surface area contributed by atoms with Crippen LogP contribution in [0, 0.1) is 0 Å². The Kier molecular flexibility index (Phi) is 6.85. The zero-order valence-corrected chi connectivity index (χ0v) is 16.6. The first-order valence-corrected chi connectivity index (χ1v) is 11.2. The molecule has 3 aromatic rings. The molecule has 1 atom stereocenters. The second kappa shape index (κ2) is 9.53. The van der Waals surface area contributed by atoms with Crippen molar-refractivity contribution in [3.05, 3.63) is 96.1 Å². The van der Waals surface area contributed by atoms with Crippen molar-refractivity contribution in [1.82, 2.24) is 0 Å². The van der Waals surface area contributed by atoms with Gasteiger partial charge < -0.3 is 5.32 Å². The summed E-state index contributed by atoms with van der Waals surface area (Å²) >= 11 is 1.57. The minimum absolute atomic E-state index is 0.0584. The van der Waals surface area contributed by atoms with E-state index in [0.717, 1.165) is 21.7 Å². The fourth-order valence-electron chi connectivity index (χ4n) is 2.90. The second-order valence-electron chi connectivity index (χ2n) is 5.97. The van der Waals surface area contributed by atoms with Gasteiger partial charge >= 0.3 is 0 Å². The molecular formula is C22H21NO2S2. The monoisotopic (exact) mass is 395 g/mol. The molecule has 0 bridgehead atoms. The summed E-state index contributed by atoms with van der Waals surface area (Å²) in [4.78, 5) is 13.5. The third-order valence-corrected chi connectivity index (χ3v) is 6.53. The van der Waals surface area contributed by atoms with Crippen molar-refractivity contribution in [3.8, 4) is 0 Å². The SMILES string of the molecule is CSc1ccccc1NC(=O)CS(=O)C(c1ccccc1)c1ccccc1. The smallest absolute Gasteiger partial charge is 0.237 e. The topological polar surface area (TPSA) is 46.2 Å². The van der Waals surface area contributed by atoms with Crippen LogP contribution in [0.5, 0.6) is 0 Å². The van der Waals surface area contributed by atoms with E-state index in [1.54, 1.807) is 11.8 Å². The molecule has 0 saturated heterocycles. The number of thioether (sulfide) groups is 1. The molecule has 0 radical (unpaired) electrons. The number of hydrogen-bond acceptors (Lipinski definition) is 3. The summed E-state index contributed by atoms with van der Waals surface area (Å²) in [6.07, 6.45) is 1.96. The van der Waals surface area contributed by atoms with Crippen molar-refractivity contribution in [1.29, 1.82) is 0 Å². The number of carbonyl (C=O) groups excluding carboxylic acids is 1. The summed E-state index contributed by atoms with van der Waals surface area (Å²) < 4.78 is 13.1. The molecule has 138 valence electrons. The molecule has 27 heavy (non-hydrogen) atoms. The molecule has 1 N–H and O–H groups in total. The van der Waals surface area contributed by atoms with Crippen molar-refractivity contribution in [2.75, 3.05) is 17.3 Å². The van der Waals surface area contributed by atoms with Crippen molar-refractivity contribution in [2.24, 2.45) is 0 Å². The molecule has 1 amide bonds. The maximum atomic E-state index is 13.1. The molecule has 1 unspecified atom stereocenters. The molecule has 0 spiro atoms.